The van der Waals surface area contributed by atoms with E-state index in [1.807, 2.05) is 0 Å². The van der Waals surface area contributed by atoms with Crippen molar-refractivity contribution >= 4 is 17.7 Å². The third kappa shape index (κ3) is 1.37. The second-order valence-corrected chi connectivity index (χ2v) is 3.12. The molecule has 1 unspecified atom stereocenters. The fraction of sp³-hybridized carbons (Fsp3) is 0.333. The first-order chi connectivity index (χ1) is 5.38. The van der Waals surface area contributed by atoms with Gasteiger partial charge in [0, 0.05) is 0 Å². The van der Waals surface area contributed by atoms with E-state index in [1.54, 1.807) is 0 Å². The van der Waals surface area contributed by atoms with Gasteiger partial charge in [-0.15, -0.1) is 0 Å². The molecule has 2 rings (SSSR count). The first kappa shape index (κ1) is 7.43. The number of rotatable bonds is 0. The quantitative estimate of drug-likeness (QED) is 0.529. The first-order valence-corrected chi connectivity index (χ1v) is 4.19. The molecule has 1 aliphatic heterocycles. The molecule has 11 heavy (non-hydrogen) atoms. The van der Waals surface area contributed by atoms with E-state index in [4.69, 9.17) is 0 Å². The molecule has 1 aromatic rings. The Labute approximate surface area is 76.4 Å². The van der Waals surface area contributed by atoms with Crippen LogP contribution in [0.25, 0.3) is 0 Å². The Bertz CT molecular complexity index is 259. The van der Waals surface area contributed by atoms with Crippen LogP contribution in [-0.2, 0) is 6.42 Å². The van der Waals surface area contributed by atoms with Crippen LogP contribution in [0.3, 0.4) is 0 Å². The standard InChI is InChI=1S/C9H10N.Li/c1-2-4-9-7-10-6-5-8(9)3-1;/h1-4,7,10H,5-6H2;. The van der Waals surface area contributed by atoms with Gasteiger partial charge in [0.2, 0.25) is 0 Å². The normalized spacial score (nSPS) is 22.9. The van der Waals surface area contributed by atoms with E-state index < -0.39 is 0 Å². The summed E-state index contributed by atoms with van der Waals surface area (Å²) in [7, 11) is 0. The van der Waals surface area contributed by atoms with E-state index in [0.717, 1.165) is 6.54 Å². The summed E-state index contributed by atoms with van der Waals surface area (Å²) in [6.45, 7) is 1.12. The molecule has 1 N–H and O–H groups in total. The Morgan fingerprint density at radius 2 is 2.18 bits per heavy atom. The van der Waals surface area contributed by atoms with E-state index in [1.165, 1.54) is 17.5 Å². The topological polar surface area (TPSA) is 12.0 Å². The van der Waals surface area contributed by atoms with Gasteiger partial charge in [-0.05, 0) is 0 Å². The van der Waals surface area contributed by atoms with Crippen LogP contribution in [-0.4, -0.2) is 24.3 Å². The van der Waals surface area contributed by atoms with Crippen molar-refractivity contribution in [3.63, 3.8) is 0 Å². The average molecular weight is 139 g/mol. The number of benzene rings is 1. The molecular weight excluding hydrogens is 129 g/mol. The Kier molecular flexibility index (Phi) is 2.04. The molecule has 1 aromatic carbocycles. The Morgan fingerprint density at radius 1 is 1.36 bits per heavy atom. The summed E-state index contributed by atoms with van der Waals surface area (Å²) in [6, 6.07) is 8.68. The number of hydrogen-bond acceptors (Lipinski definition) is 1. The molecular formula is C9H10LiN. The SMILES string of the molecule is [Li][CH]1NCCc2ccccc21. The maximum absolute atomic E-state index is 3.44. The minimum absolute atomic E-state index is 0.542. The van der Waals surface area contributed by atoms with Crippen molar-refractivity contribution in [2.45, 2.75) is 11.1 Å². The fourth-order valence-electron chi connectivity index (χ4n) is 1.72. The summed E-state index contributed by atoms with van der Waals surface area (Å²) in [5, 5.41) is 3.44. The van der Waals surface area contributed by atoms with Crippen molar-refractivity contribution in [2.24, 2.45) is 0 Å². The molecule has 1 nitrogen and oxygen atoms in total. The molecule has 1 heterocycles. The predicted octanol–water partition coefficient (Wildman–Crippen LogP) is 0.999. The van der Waals surface area contributed by atoms with E-state index >= 15 is 0 Å². The summed E-state index contributed by atoms with van der Waals surface area (Å²) >= 11 is 2.22. The van der Waals surface area contributed by atoms with Gasteiger partial charge < -0.3 is 0 Å². The zero-order valence-electron chi connectivity index (χ0n) is 6.80. The molecule has 1 atom stereocenters. The van der Waals surface area contributed by atoms with E-state index in [2.05, 4.69) is 47.3 Å². The third-order valence-corrected chi connectivity index (χ3v) is 2.37. The summed E-state index contributed by atoms with van der Waals surface area (Å²) in [5.74, 6) is 0. The maximum atomic E-state index is 3.44. The molecule has 1 aliphatic rings. The monoisotopic (exact) mass is 139 g/mol. The average Bonchev–Trinajstić information content (AvgIpc) is 2.06. The first-order valence-electron chi connectivity index (χ1n) is 4.19. The Balaban J connectivity index is 2.44. The Hall–Kier alpha value is -0.223. The molecule has 52 valence electrons. The molecule has 0 saturated carbocycles. The van der Waals surface area contributed by atoms with Crippen molar-refractivity contribution < 1.29 is 0 Å². The molecule has 0 radical (unpaired) electrons. The van der Waals surface area contributed by atoms with E-state index in [0.29, 0.717) is 4.71 Å². The van der Waals surface area contributed by atoms with Crippen LogP contribution in [0.2, 0.25) is 0 Å². The van der Waals surface area contributed by atoms with Gasteiger partial charge in [0.25, 0.3) is 0 Å². The molecule has 0 saturated heterocycles. The molecule has 0 fully saturated rings. The van der Waals surface area contributed by atoms with Crippen LogP contribution < -0.4 is 5.32 Å². The van der Waals surface area contributed by atoms with Gasteiger partial charge in [-0.2, -0.15) is 0 Å². The van der Waals surface area contributed by atoms with Crippen LogP contribution in [0.15, 0.2) is 24.3 Å². The van der Waals surface area contributed by atoms with Gasteiger partial charge in [-0.25, -0.2) is 0 Å². The van der Waals surface area contributed by atoms with Crippen LogP contribution in [0.4, 0.5) is 0 Å². The zero-order chi connectivity index (χ0) is 7.68. The van der Waals surface area contributed by atoms with Crippen molar-refractivity contribution in [1.82, 2.24) is 5.32 Å². The van der Waals surface area contributed by atoms with Crippen LogP contribution in [0.5, 0.6) is 0 Å². The zero-order valence-corrected chi connectivity index (χ0v) is 6.80. The summed E-state index contributed by atoms with van der Waals surface area (Å²) in [5.41, 5.74) is 2.98. The number of nitrogens with one attached hydrogen (secondary N) is 1. The van der Waals surface area contributed by atoms with Gasteiger partial charge >= 0.3 is 76.1 Å². The van der Waals surface area contributed by atoms with Gasteiger partial charge in [-0.1, -0.05) is 0 Å². The molecule has 0 spiro atoms. The minimum atomic E-state index is 0.542. The number of hydrogen-bond donors (Lipinski definition) is 1. The van der Waals surface area contributed by atoms with Crippen LogP contribution >= 0.6 is 0 Å². The van der Waals surface area contributed by atoms with Crippen molar-refractivity contribution in [1.29, 1.82) is 0 Å². The van der Waals surface area contributed by atoms with Gasteiger partial charge in [0.15, 0.2) is 0 Å². The molecule has 0 amide bonds. The number of fused-ring (bicyclic) bond motifs is 1. The molecule has 0 aromatic heterocycles. The van der Waals surface area contributed by atoms with Crippen LogP contribution in [0.1, 0.15) is 15.8 Å². The van der Waals surface area contributed by atoms with E-state index in [-0.39, 0.29) is 0 Å². The van der Waals surface area contributed by atoms with Gasteiger partial charge in [-0.3, -0.25) is 0 Å². The Morgan fingerprint density at radius 3 is 3.00 bits per heavy atom. The second-order valence-electron chi connectivity index (χ2n) is 3.12. The summed E-state index contributed by atoms with van der Waals surface area (Å²) in [4.78, 5) is 0. The molecule has 2 heteroatoms. The summed E-state index contributed by atoms with van der Waals surface area (Å²) < 4.78 is 0.542. The van der Waals surface area contributed by atoms with Gasteiger partial charge in [0.1, 0.15) is 0 Å². The molecule has 0 aliphatic carbocycles. The third-order valence-electron chi connectivity index (χ3n) is 2.37. The fourth-order valence-corrected chi connectivity index (χ4v) is 1.72. The van der Waals surface area contributed by atoms with Crippen molar-refractivity contribution in [3.05, 3.63) is 35.4 Å². The summed E-state index contributed by atoms with van der Waals surface area (Å²) in [6.07, 6.45) is 1.18. The van der Waals surface area contributed by atoms with Gasteiger partial charge in [0.05, 0.1) is 0 Å². The molecule has 0 bridgehead atoms. The predicted molar refractivity (Wildman–Crippen MR) is 46.6 cm³/mol. The van der Waals surface area contributed by atoms with E-state index in [9.17, 15) is 0 Å². The van der Waals surface area contributed by atoms with Crippen molar-refractivity contribution in [3.8, 4) is 0 Å². The second kappa shape index (κ2) is 3.03. The van der Waals surface area contributed by atoms with Crippen molar-refractivity contribution in [2.75, 3.05) is 6.54 Å². The van der Waals surface area contributed by atoms with Crippen LogP contribution in [0, 0.1) is 0 Å².